The second kappa shape index (κ2) is 10.1. The van der Waals surface area contributed by atoms with Crippen LogP contribution in [-0.2, 0) is 22.4 Å². The number of methoxy groups -OCH3 is 1. The van der Waals surface area contributed by atoms with E-state index >= 15 is 0 Å². The molecule has 2 aromatic heterocycles. The van der Waals surface area contributed by atoms with Crippen LogP contribution in [0.25, 0.3) is 32.2 Å². The third-order valence-electron chi connectivity index (χ3n) is 6.62. The summed E-state index contributed by atoms with van der Waals surface area (Å²) < 4.78 is 12.3. The number of aliphatic hydroxyl groups is 1. The Balaban J connectivity index is 0.000000540. The number of rotatable bonds is 5. The SMILES string of the molecule is CC(C)(C)O.COC1CN(c2nc3cc(C)c(CC(=O)O)c(-c4ccc5c6c(ccnc46)CCO5)c3s2)C1. The lowest BCUT2D eigenvalue weighted by Gasteiger charge is -2.37. The normalized spacial score (nSPS) is 15.2. The summed E-state index contributed by atoms with van der Waals surface area (Å²) in [7, 11) is 1.73. The fourth-order valence-electron chi connectivity index (χ4n) is 4.87. The van der Waals surface area contributed by atoms with Crippen molar-refractivity contribution in [2.24, 2.45) is 0 Å². The predicted molar refractivity (Wildman–Crippen MR) is 151 cm³/mol. The van der Waals surface area contributed by atoms with Crippen molar-refractivity contribution in [3.05, 3.63) is 47.2 Å². The molecule has 0 aliphatic carbocycles. The first-order valence-electron chi connectivity index (χ1n) is 12.7. The van der Waals surface area contributed by atoms with Gasteiger partial charge in [0.05, 0.1) is 40.5 Å². The topological polar surface area (TPSA) is 105 Å². The van der Waals surface area contributed by atoms with Crippen LogP contribution in [0.3, 0.4) is 0 Å². The van der Waals surface area contributed by atoms with E-state index in [-0.39, 0.29) is 12.5 Å². The van der Waals surface area contributed by atoms with Gasteiger partial charge in [-0.3, -0.25) is 9.78 Å². The minimum absolute atomic E-state index is 0.0563. The molecular weight excluding hydrogens is 502 g/mol. The van der Waals surface area contributed by atoms with Gasteiger partial charge in [0.15, 0.2) is 5.13 Å². The minimum Gasteiger partial charge on any atom is -0.493 e. The lowest BCUT2D eigenvalue weighted by atomic mass is 9.90. The third kappa shape index (κ3) is 5.18. The largest absolute Gasteiger partial charge is 0.493 e. The van der Waals surface area contributed by atoms with Gasteiger partial charge in [-0.05, 0) is 68.7 Å². The van der Waals surface area contributed by atoms with E-state index in [2.05, 4.69) is 4.90 Å². The molecule has 0 saturated carbocycles. The van der Waals surface area contributed by atoms with E-state index in [0.717, 1.165) is 73.8 Å². The van der Waals surface area contributed by atoms with Gasteiger partial charge in [-0.1, -0.05) is 11.3 Å². The monoisotopic (exact) mass is 535 g/mol. The van der Waals surface area contributed by atoms with E-state index in [1.54, 1.807) is 39.2 Å². The third-order valence-corrected chi connectivity index (χ3v) is 7.77. The lowest BCUT2D eigenvalue weighted by Crippen LogP contribution is -2.51. The molecule has 4 heterocycles. The first kappa shape index (κ1) is 26.3. The Hall–Kier alpha value is -3.27. The van der Waals surface area contributed by atoms with Gasteiger partial charge < -0.3 is 24.6 Å². The van der Waals surface area contributed by atoms with Crippen molar-refractivity contribution in [2.45, 2.75) is 52.2 Å². The number of carbonyl (C=O) groups is 1. The van der Waals surface area contributed by atoms with Gasteiger partial charge in [-0.2, -0.15) is 0 Å². The molecule has 8 nitrogen and oxygen atoms in total. The number of fused-ring (bicyclic) bond motifs is 1. The van der Waals surface area contributed by atoms with Crippen LogP contribution in [0.15, 0.2) is 30.5 Å². The van der Waals surface area contributed by atoms with E-state index in [1.165, 1.54) is 5.56 Å². The maximum absolute atomic E-state index is 11.8. The number of aliphatic carboxylic acids is 1. The van der Waals surface area contributed by atoms with Gasteiger partial charge in [0, 0.05) is 49.3 Å². The van der Waals surface area contributed by atoms with Crippen molar-refractivity contribution in [3.8, 4) is 16.9 Å². The van der Waals surface area contributed by atoms with Crippen molar-refractivity contribution in [3.63, 3.8) is 0 Å². The summed E-state index contributed by atoms with van der Waals surface area (Å²) in [5.74, 6) is -0.0175. The first-order chi connectivity index (χ1) is 18.0. The van der Waals surface area contributed by atoms with Crippen LogP contribution < -0.4 is 9.64 Å². The molecule has 6 rings (SSSR count). The zero-order valence-corrected chi connectivity index (χ0v) is 23.2. The molecule has 0 unspecified atom stereocenters. The molecule has 1 fully saturated rings. The second-order valence-corrected chi connectivity index (χ2v) is 11.8. The Morgan fingerprint density at radius 2 is 2.00 bits per heavy atom. The Kier molecular flexibility index (Phi) is 7.02. The minimum atomic E-state index is -0.854. The summed E-state index contributed by atoms with van der Waals surface area (Å²) in [6.45, 7) is 9.47. The Morgan fingerprint density at radius 1 is 1.26 bits per heavy atom. The highest BCUT2D eigenvalue weighted by Crippen LogP contribution is 2.45. The van der Waals surface area contributed by atoms with Gasteiger partial charge in [-0.15, -0.1) is 0 Å². The highest BCUT2D eigenvalue weighted by Gasteiger charge is 2.30. The summed E-state index contributed by atoms with van der Waals surface area (Å²) in [5, 5.41) is 20.2. The van der Waals surface area contributed by atoms with E-state index < -0.39 is 11.6 Å². The van der Waals surface area contributed by atoms with Crippen molar-refractivity contribution in [2.75, 3.05) is 31.7 Å². The van der Waals surface area contributed by atoms with Crippen molar-refractivity contribution in [1.29, 1.82) is 0 Å². The molecule has 0 spiro atoms. The van der Waals surface area contributed by atoms with E-state index in [0.29, 0.717) is 6.61 Å². The zero-order chi connectivity index (χ0) is 27.2. The van der Waals surface area contributed by atoms with Crippen LogP contribution in [0.1, 0.15) is 37.5 Å². The molecule has 9 heteroatoms. The Bertz CT molecular complexity index is 1500. The summed E-state index contributed by atoms with van der Waals surface area (Å²) in [6, 6.07) is 8.06. The van der Waals surface area contributed by atoms with Gasteiger partial charge in [0.25, 0.3) is 0 Å². The zero-order valence-electron chi connectivity index (χ0n) is 22.4. The van der Waals surface area contributed by atoms with E-state index in [1.807, 2.05) is 37.4 Å². The van der Waals surface area contributed by atoms with Gasteiger partial charge in [0.1, 0.15) is 5.75 Å². The number of hydrogen-bond acceptors (Lipinski definition) is 8. The average molecular weight is 536 g/mol. The number of pyridine rings is 1. The number of anilines is 1. The lowest BCUT2D eigenvalue weighted by molar-refractivity contribution is -0.136. The van der Waals surface area contributed by atoms with Crippen molar-refractivity contribution in [1.82, 2.24) is 9.97 Å². The van der Waals surface area contributed by atoms with Crippen molar-refractivity contribution < 1.29 is 24.5 Å². The number of carboxylic acids is 1. The number of hydrogen-bond donors (Lipinski definition) is 2. The molecule has 0 bridgehead atoms. The highest BCUT2D eigenvalue weighted by molar-refractivity contribution is 7.22. The highest BCUT2D eigenvalue weighted by atomic mass is 32.1. The molecule has 0 atom stereocenters. The van der Waals surface area contributed by atoms with E-state index in [9.17, 15) is 9.90 Å². The molecular formula is C29H33N3O5S. The smallest absolute Gasteiger partial charge is 0.307 e. The summed E-state index contributed by atoms with van der Waals surface area (Å²) >= 11 is 1.61. The molecule has 2 aromatic carbocycles. The summed E-state index contributed by atoms with van der Waals surface area (Å²) in [5.41, 5.74) is 6.02. The predicted octanol–water partition coefficient (Wildman–Crippen LogP) is 4.99. The van der Waals surface area contributed by atoms with Gasteiger partial charge >= 0.3 is 5.97 Å². The Morgan fingerprint density at radius 3 is 2.68 bits per heavy atom. The quantitative estimate of drug-likeness (QED) is 0.368. The molecule has 0 radical (unpaired) electrons. The van der Waals surface area contributed by atoms with Gasteiger partial charge in [0.2, 0.25) is 0 Å². The van der Waals surface area contributed by atoms with Crippen LogP contribution in [0.2, 0.25) is 0 Å². The molecule has 4 aromatic rings. The molecule has 38 heavy (non-hydrogen) atoms. The van der Waals surface area contributed by atoms with Crippen LogP contribution in [0.5, 0.6) is 5.75 Å². The summed E-state index contributed by atoms with van der Waals surface area (Å²) in [6.07, 6.45) is 2.84. The van der Waals surface area contributed by atoms with Crippen LogP contribution in [-0.4, -0.2) is 64.7 Å². The second-order valence-electron chi connectivity index (χ2n) is 10.8. The maximum atomic E-state index is 11.8. The molecule has 2 aliphatic heterocycles. The number of nitrogens with zero attached hydrogens (tertiary/aromatic N) is 3. The van der Waals surface area contributed by atoms with Crippen LogP contribution in [0.4, 0.5) is 5.13 Å². The Labute approximate surface area is 225 Å². The number of benzene rings is 2. The van der Waals surface area contributed by atoms with E-state index in [4.69, 9.17) is 24.5 Å². The molecule has 1 saturated heterocycles. The van der Waals surface area contributed by atoms with Gasteiger partial charge in [-0.25, -0.2) is 4.98 Å². The molecule has 0 amide bonds. The number of thiazole rings is 1. The van der Waals surface area contributed by atoms with Crippen LogP contribution in [0, 0.1) is 6.92 Å². The average Bonchev–Trinajstić information content (AvgIpc) is 3.21. The fourth-order valence-corrected chi connectivity index (χ4v) is 6.02. The van der Waals surface area contributed by atoms with Crippen molar-refractivity contribution >= 4 is 43.6 Å². The number of aromatic nitrogens is 2. The first-order valence-corrected chi connectivity index (χ1v) is 13.5. The maximum Gasteiger partial charge on any atom is 0.307 e. The molecule has 200 valence electrons. The number of carboxylic acid groups (broad SMARTS) is 1. The standard InChI is InChI=1S/C25H23N3O4S.C4H10O/c1-13-9-18-24(33-25(27-18)28-11-15(12-28)31-2)22(17(13)10-20(29)30)16-3-4-19-21-14(6-8-32-19)5-7-26-23(16)21;1-4(2,3)5/h3-5,7,9,15H,6,8,10-12H2,1-2H3,(H,29,30);5H,1-3H3. The number of aryl methyl sites for hydroxylation is 1. The fraction of sp³-hybridized carbons (Fsp3) is 0.414. The summed E-state index contributed by atoms with van der Waals surface area (Å²) in [4.78, 5) is 23.7. The molecule has 2 aliphatic rings. The van der Waals surface area contributed by atoms with Crippen LogP contribution >= 0.6 is 11.3 Å². The number of ether oxygens (including phenoxy) is 2. The molecule has 2 N–H and O–H groups in total.